The Kier molecular flexibility index (Phi) is 5.23. The largest absolute Gasteiger partial charge is 0.493 e. The van der Waals surface area contributed by atoms with Crippen molar-refractivity contribution >= 4 is 0 Å². The summed E-state index contributed by atoms with van der Waals surface area (Å²) < 4.78 is 5.90. The van der Waals surface area contributed by atoms with E-state index in [9.17, 15) is 0 Å². The first-order valence-electron chi connectivity index (χ1n) is 7.31. The summed E-state index contributed by atoms with van der Waals surface area (Å²) >= 11 is 0. The van der Waals surface area contributed by atoms with Crippen molar-refractivity contribution in [1.29, 1.82) is 0 Å². The average molecular weight is 262 g/mol. The van der Waals surface area contributed by atoms with Crippen LogP contribution in [0.5, 0.6) is 5.75 Å². The molecule has 1 atom stereocenters. The van der Waals surface area contributed by atoms with Gasteiger partial charge in [-0.25, -0.2) is 0 Å². The molecule has 1 N–H and O–H groups in total. The highest BCUT2D eigenvalue weighted by molar-refractivity contribution is 5.35. The molecule has 3 nitrogen and oxygen atoms in total. The maximum Gasteiger partial charge on any atom is 0.122 e. The maximum atomic E-state index is 5.90. The summed E-state index contributed by atoms with van der Waals surface area (Å²) in [5.74, 6) is 1.04. The number of nitrogens with zero attached hydrogens (tertiary/aromatic N) is 1. The van der Waals surface area contributed by atoms with Gasteiger partial charge in [-0.15, -0.1) is 0 Å². The van der Waals surface area contributed by atoms with E-state index in [0.29, 0.717) is 6.04 Å². The Bertz CT molecular complexity index is 406. The number of hydrogen-bond acceptors (Lipinski definition) is 3. The number of nitrogens with one attached hydrogen (secondary N) is 1. The SMILES string of the molecule is Cc1ccc(C)c(OCCCN2CCNC[C@H]2C)c1. The fourth-order valence-electron chi connectivity index (χ4n) is 2.53. The van der Waals surface area contributed by atoms with Gasteiger partial charge in [0.05, 0.1) is 6.61 Å². The molecule has 19 heavy (non-hydrogen) atoms. The molecule has 1 aromatic rings. The van der Waals surface area contributed by atoms with E-state index in [4.69, 9.17) is 4.74 Å². The average Bonchev–Trinajstić information content (AvgIpc) is 2.40. The zero-order valence-corrected chi connectivity index (χ0v) is 12.4. The van der Waals surface area contributed by atoms with Crippen LogP contribution in [0.3, 0.4) is 0 Å². The summed E-state index contributed by atoms with van der Waals surface area (Å²) in [4.78, 5) is 2.54. The van der Waals surface area contributed by atoms with Gasteiger partial charge >= 0.3 is 0 Å². The Labute approximate surface area is 116 Å². The molecular formula is C16H26N2O. The highest BCUT2D eigenvalue weighted by Crippen LogP contribution is 2.19. The third-order valence-corrected chi connectivity index (χ3v) is 3.83. The Morgan fingerprint density at radius 2 is 2.21 bits per heavy atom. The van der Waals surface area contributed by atoms with Crippen molar-refractivity contribution < 1.29 is 4.74 Å². The monoisotopic (exact) mass is 262 g/mol. The standard InChI is InChI=1S/C16H26N2O/c1-13-5-6-14(2)16(11-13)19-10-4-8-18-9-7-17-12-15(18)3/h5-6,11,15,17H,4,7-10,12H2,1-3H3/t15-/m1/s1. The number of aryl methyl sites for hydroxylation is 2. The van der Waals surface area contributed by atoms with Gasteiger partial charge in [0.2, 0.25) is 0 Å². The minimum absolute atomic E-state index is 0.648. The van der Waals surface area contributed by atoms with E-state index in [1.54, 1.807) is 0 Å². The maximum absolute atomic E-state index is 5.90. The van der Waals surface area contributed by atoms with Crippen LogP contribution >= 0.6 is 0 Å². The van der Waals surface area contributed by atoms with E-state index >= 15 is 0 Å². The van der Waals surface area contributed by atoms with Crippen LogP contribution in [-0.4, -0.2) is 43.7 Å². The number of piperazine rings is 1. The van der Waals surface area contributed by atoms with Crippen molar-refractivity contribution in [1.82, 2.24) is 10.2 Å². The third-order valence-electron chi connectivity index (χ3n) is 3.83. The van der Waals surface area contributed by atoms with Crippen molar-refractivity contribution in [2.24, 2.45) is 0 Å². The lowest BCUT2D eigenvalue weighted by atomic mass is 10.1. The zero-order valence-electron chi connectivity index (χ0n) is 12.4. The summed E-state index contributed by atoms with van der Waals surface area (Å²) in [6.07, 6.45) is 1.09. The lowest BCUT2D eigenvalue weighted by molar-refractivity contribution is 0.160. The summed E-state index contributed by atoms with van der Waals surface area (Å²) in [5, 5.41) is 3.42. The first-order valence-corrected chi connectivity index (χ1v) is 7.31. The first kappa shape index (κ1) is 14.4. The molecule has 1 saturated heterocycles. The molecule has 0 aromatic heterocycles. The lowest BCUT2D eigenvalue weighted by Gasteiger charge is -2.33. The van der Waals surface area contributed by atoms with Gasteiger partial charge in [-0.2, -0.15) is 0 Å². The molecule has 0 saturated carbocycles. The van der Waals surface area contributed by atoms with Gasteiger partial charge in [-0.05, 0) is 44.4 Å². The van der Waals surface area contributed by atoms with E-state index in [-0.39, 0.29) is 0 Å². The minimum Gasteiger partial charge on any atom is -0.493 e. The molecule has 0 aliphatic carbocycles. The molecule has 1 aliphatic rings. The quantitative estimate of drug-likeness (QED) is 0.825. The Morgan fingerprint density at radius 3 is 3.00 bits per heavy atom. The van der Waals surface area contributed by atoms with Gasteiger partial charge in [0.1, 0.15) is 5.75 Å². The van der Waals surface area contributed by atoms with Crippen LogP contribution in [-0.2, 0) is 0 Å². The summed E-state index contributed by atoms with van der Waals surface area (Å²) in [7, 11) is 0. The fourth-order valence-corrected chi connectivity index (χ4v) is 2.53. The molecule has 1 aromatic carbocycles. The van der Waals surface area contributed by atoms with Crippen LogP contribution in [0.2, 0.25) is 0 Å². The van der Waals surface area contributed by atoms with Crippen LogP contribution < -0.4 is 10.1 Å². The van der Waals surface area contributed by atoms with Crippen LogP contribution in [0.15, 0.2) is 18.2 Å². The summed E-state index contributed by atoms with van der Waals surface area (Å²) in [6, 6.07) is 7.03. The van der Waals surface area contributed by atoms with Gasteiger partial charge in [0.25, 0.3) is 0 Å². The molecule has 0 radical (unpaired) electrons. The van der Waals surface area contributed by atoms with E-state index < -0.39 is 0 Å². The van der Waals surface area contributed by atoms with Gasteiger partial charge in [-0.3, -0.25) is 4.90 Å². The molecule has 0 unspecified atom stereocenters. The van der Waals surface area contributed by atoms with E-state index in [1.807, 2.05) is 0 Å². The fraction of sp³-hybridized carbons (Fsp3) is 0.625. The Morgan fingerprint density at radius 1 is 1.37 bits per heavy atom. The topological polar surface area (TPSA) is 24.5 Å². The van der Waals surface area contributed by atoms with E-state index in [1.165, 1.54) is 11.1 Å². The van der Waals surface area contributed by atoms with Gasteiger partial charge in [0, 0.05) is 32.2 Å². The second-order valence-corrected chi connectivity index (χ2v) is 5.56. The van der Waals surface area contributed by atoms with Crippen molar-refractivity contribution in [2.75, 3.05) is 32.8 Å². The molecule has 0 bridgehead atoms. The lowest BCUT2D eigenvalue weighted by Crippen LogP contribution is -2.50. The number of ether oxygens (including phenoxy) is 1. The number of benzene rings is 1. The van der Waals surface area contributed by atoms with Crippen molar-refractivity contribution in [3.8, 4) is 5.75 Å². The van der Waals surface area contributed by atoms with Crippen molar-refractivity contribution in [2.45, 2.75) is 33.2 Å². The summed E-state index contributed by atoms with van der Waals surface area (Å²) in [6.45, 7) is 11.8. The van der Waals surface area contributed by atoms with Crippen molar-refractivity contribution in [3.05, 3.63) is 29.3 Å². The smallest absolute Gasteiger partial charge is 0.122 e. The van der Waals surface area contributed by atoms with Crippen LogP contribution in [0, 0.1) is 13.8 Å². The van der Waals surface area contributed by atoms with Crippen LogP contribution in [0.1, 0.15) is 24.5 Å². The number of hydrogen-bond donors (Lipinski definition) is 1. The third kappa shape index (κ3) is 4.22. The first-order chi connectivity index (χ1) is 9.16. The molecule has 3 heteroatoms. The Balaban J connectivity index is 1.73. The predicted octanol–water partition coefficient (Wildman–Crippen LogP) is 2.37. The normalized spacial score (nSPS) is 20.5. The van der Waals surface area contributed by atoms with Gasteiger partial charge in [0.15, 0.2) is 0 Å². The molecule has 1 aliphatic heterocycles. The zero-order chi connectivity index (χ0) is 13.7. The van der Waals surface area contributed by atoms with Crippen LogP contribution in [0.4, 0.5) is 0 Å². The number of rotatable bonds is 5. The molecule has 0 amide bonds. The van der Waals surface area contributed by atoms with E-state index in [0.717, 1.165) is 45.0 Å². The summed E-state index contributed by atoms with van der Waals surface area (Å²) in [5.41, 5.74) is 2.48. The second kappa shape index (κ2) is 6.92. The Hall–Kier alpha value is -1.06. The van der Waals surface area contributed by atoms with Crippen molar-refractivity contribution in [3.63, 3.8) is 0 Å². The highest BCUT2D eigenvalue weighted by Gasteiger charge is 2.16. The molecule has 2 rings (SSSR count). The molecule has 106 valence electrons. The molecule has 1 fully saturated rings. The second-order valence-electron chi connectivity index (χ2n) is 5.56. The molecule has 0 spiro atoms. The van der Waals surface area contributed by atoms with Gasteiger partial charge in [-0.1, -0.05) is 12.1 Å². The minimum atomic E-state index is 0.648. The molecular weight excluding hydrogens is 236 g/mol. The van der Waals surface area contributed by atoms with E-state index in [2.05, 4.69) is 49.2 Å². The predicted molar refractivity (Wildman–Crippen MR) is 79.9 cm³/mol. The van der Waals surface area contributed by atoms with Crippen LogP contribution in [0.25, 0.3) is 0 Å². The molecule has 1 heterocycles. The van der Waals surface area contributed by atoms with Gasteiger partial charge < -0.3 is 10.1 Å². The highest BCUT2D eigenvalue weighted by atomic mass is 16.5.